The van der Waals surface area contributed by atoms with Crippen LogP contribution in [-0.2, 0) is 10.1 Å². The molecule has 0 aromatic heterocycles. The molecule has 1 aromatic rings. The van der Waals surface area contributed by atoms with Crippen LogP contribution < -0.4 is 10.2 Å². The molecule has 0 atom stereocenters. The van der Waals surface area contributed by atoms with Gasteiger partial charge < -0.3 is 4.74 Å². The predicted octanol–water partition coefficient (Wildman–Crippen LogP) is 1.48. The van der Waals surface area contributed by atoms with Crippen LogP contribution in [0.1, 0.15) is 0 Å². The summed E-state index contributed by atoms with van der Waals surface area (Å²) in [6.07, 6.45) is 0. The van der Waals surface area contributed by atoms with Crippen molar-refractivity contribution in [1.82, 2.24) is 5.12 Å². The lowest BCUT2D eigenvalue weighted by molar-refractivity contribution is 0.359. The van der Waals surface area contributed by atoms with Gasteiger partial charge in [0.2, 0.25) is 0 Å². The fourth-order valence-electron chi connectivity index (χ4n) is 1.27. The Morgan fingerprint density at radius 1 is 1.58 bits per heavy atom. The van der Waals surface area contributed by atoms with Crippen LogP contribution >= 0.6 is 11.6 Å². The molecule has 0 saturated heterocycles. The lowest BCUT2D eigenvalue weighted by atomic mass is 10.3. The standard InChI is InChI=1S/C10H14ClN3O4S/c1-12-14(5-6-19(15,16)17)13-9-7-8(11)3-4-10(9)18-2/h3-4,7,13H,1,5-6H2,2H3,(H,15,16,17). The first-order valence-electron chi connectivity index (χ1n) is 5.15. The van der Waals surface area contributed by atoms with Crippen molar-refractivity contribution >= 4 is 34.1 Å². The number of hydrazine groups is 1. The lowest BCUT2D eigenvalue weighted by Gasteiger charge is -2.21. The molecule has 0 fully saturated rings. The summed E-state index contributed by atoms with van der Waals surface area (Å²) in [6, 6.07) is 4.89. The van der Waals surface area contributed by atoms with Crippen molar-refractivity contribution in [3.63, 3.8) is 0 Å². The third kappa shape index (κ3) is 5.33. The molecule has 0 spiro atoms. The summed E-state index contributed by atoms with van der Waals surface area (Å²) in [4.78, 5) is 0. The van der Waals surface area contributed by atoms with Crippen LogP contribution in [0.2, 0.25) is 5.02 Å². The summed E-state index contributed by atoms with van der Waals surface area (Å²) >= 11 is 5.85. The van der Waals surface area contributed by atoms with Gasteiger partial charge in [0, 0.05) is 11.7 Å². The van der Waals surface area contributed by atoms with E-state index in [0.717, 1.165) is 5.12 Å². The molecule has 1 aromatic carbocycles. The monoisotopic (exact) mass is 307 g/mol. The van der Waals surface area contributed by atoms with Crippen molar-refractivity contribution in [2.75, 3.05) is 24.8 Å². The number of hydrogen-bond acceptors (Lipinski definition) is 6. The quantitative estimate of drug-likeness (QED) is 0.450. The van der Waals surface area contributed by atoms with Gasteiger partial charge in [-0.1, -0.05) is 11.6 Å². The van der Waals surface area contributed by atoms with Gasteiger partial charge in [0.25, 0.3) is 10.1 Å². The molecule has 2 N–H and O–H groups in total. The third-order valence-electron chi connectivity index (χ3n) is 2.14. The van der Waals surface area contributed by atoms with Crippen molar-refractivity contribution < 1.29 is 17.7 Å². The Labute approximate surface area is 116 Å². The Morgan fingerprint density at radius 3 is 2.79 bits per heavy atom. The maximum Gasteiger partial charge on any atom is 0.266 e. The molecule has 0 radical (unpaired) electrons. The first-order chi connectivity index (χ1) is 8.85. The Morgan fingerprint density at radius 2 is 2.26 bits per heavy atom. The van der Waals surface area contributed by atoms with E-state index in [9.17, 15) is 8.42 Å². The van der Waals surface area contributed by atoms with E-state index < -0.39 is 15.9 Å². The van der Waals surface area contributed by atoms with Crippen LogP contribution in [0.15, 0.2) is 23.3 Å². The summed E-state index contributed by atoms with van der Waals surface area (Å²) in [7, 11) is -2.59. The van der Waals surface area contributed by atoms with Crippen molar-refractivity contribution in [3.8, 4) is 5.75 Å². The minimum Gasteiger partial charge on any atom is -0.495 e. The average molecular weight is 308 g/mol. The van der Waals surface area contributed by atoms with Crippen LogP contribution in [0.4, 0.5) is 5.69 Å². The fourth-order valence-corrected chi connectivity index (χ4v) is 1.85. The maximum atomic E-state index is 10.7. The Kier molecular flexibility index (Phi) is 5.40. The molecule has 0 unspecified atom stereocenters. The SMILES string of the molecule is C=NN(CCS(=O)(=O)O)Nc1cc(Cl)ccc1OC. The second kappa shape index (κ2) is 6.60. The van der Waals surface area contributed by atoms with Crippen LogP contribution in [0.3, 0.4) is 0 Å². The maximum absolute atomic E-state index is 10.7. The molecule has 0 amide bonds. The molecule has 0 heterocycles. The van der Waals surface area contributed by atoms with Crippen molar-refractivity contribution in [3.05, 3.63) is 23.2 Å². The Balaban J connectivity index is 2.80. The molecule has 9 heteroatoms. The number of anilines is 1. The smallest absolute Gasteiger partial charge is 0.266 e. The molecule has 7 nitrogen and oxygen atoms in total. The van der Waals surface area contributed by atoms with Crippen LogP contribution in [-0.4, -0.2) is 44.2 Å². The molecule has 106 valence electrons. The minimum absolute atomic E-state index is 0.0853. The van der Waals surface area contributed by atoms with Gasteiger partial charge in [-0.2, -0.15) is 13.5 Å². The zero-order valence-electron chi connectivity index (χ0n) is 10.2. The predicted molar refractivity (Wildman–Crippen MR) is 74.3 cm³/mol. The second-order valence-corrected chi connectivity index (χ2v) is 5.52. The van der Waals surface area contributed by atoms with E-state index in [1.807, 2.05) is 0 Å². The fraction of sp³-hybridized carbons (Fsp3) is 0.300. The molecule has 19 heavy (non-hydrogen) atoms. The number of nitrogens with one attached hydrogen (secondary N) is 1. The summed E-state index contributed by atoms with van der Waals surface area (Å²) in [6.45, 7) is 3.21. The lowest BCUT2D eigenvalue weighted by Crippen LogP contribution is -2.29. The largest absolute Gasteiger partial charge is 0.495 e. The van der Waals surface area contributed by atoms with Crippen molar-refractivity contribution in [2.45, 2.75) is 0 Å². The van der Waals surface area contributed by atoms with E-state index in [1.54, 1.807) is 18.2 Å². The zero-order chi connectivity index (χ0) is 14.5. The number of benzene rings is 1. The average Bonchev–Trinajstić information content (AvgIpc) is 2.33. The highest BCUT2D eigenvalue weighted by Gasteiger charge is 2.11. The summed E-state index contributed by atoms with van der Waals surface area (Å²) in [5.41, 5.74) is 3.28. The van der Waals surface area contributed by atoms with Gasteiger partial charge in [-0.05, 0) is 18.2 Å². The van der Waals surface area contributed by atoms with Gasteiger partial charge in [-0.3, -0.25) is 9.98 Å². The number of ether oxygens (including phenoxy) is 1. The highest BCUT2D eigenvalue weighted by molar-refractivity contribution is 7.85. The molecule has 1 rings (SSSR count). The van der Waals surface area contributed by atoms with Gasteiger partial charge >= 0.3 is 0 Å². The van der Waals surface area contributed by atoms with E-state index in [-0.39, 0.29) is 6.54 Å². The third-order valence-corrected chi connectivity index (χ3v) is 3.08. The van der Waals surface area contributed by atoms with Gasteiger partial charge in [-0.15, -0.1) is 0 Å². The van der Waals surface area contributed by atoms with Crippen molar-refractivity contribution in [1.29, 1.82) is 0 Å². The van der Waals surface area contributed by atoms with E-state index >= 15 is 0 Å². The van der Waals surface area contributed by atoms with Gasteiger partial charge in [0.1, 0.15) is 5.75 Å². The molecule has 0 aliphatic heterocycles. The Bertz CT molecular complexity index is 550. The highest BCUT2D eigenvalue weighted by Crippen LogP contribution is 2.28. The van der Waals surface area contributed by atoms with Crippen LogP contribution in [0.5, 0.6) is 5.75 Å². The molecular formula is C10H14ClN3O4S. The first kappa shape index (κ1) is 15.5. The van der Waals surface area contributed by atoms with Crippen LogP contribution in [0, 0.1) is 0 Å². The minimum atomic E-state index is -4.07. The normalized spacial score (nSPS) is 10.9. The van der Waals surface area contributed by atoms with E-state index in [1.165, 1.54) is 7.11 Å². The molecular weight excluding hydrogens is 294 g/mol. The number of halogens is 1. The number of nitrogens with zero attached hydrogens (tertiary/aromatic N) is 2. The molecule has 0 aliphatic carbocycles. The molecule has 0 aliphatic rings. The van der Waals surface area contributed by atoms with Crippen LogP contribution in [0.25, 0.3) is 0 Å². The van der Waals surface area contributed by atoms with Crippen molar-refractivity contribution in [2.24, 2.45) is 5.10 Å². The van der Waals surface area contributed by atoms with E-state index in [4.69, 9.17) is 20.9 Å². The van der Waals surface area contributed by atoms with Gasteiger partial charge in [-0.25, -0.2) is 5.12 Å². The highest BCUT2D eigenvalue weighted by atomic mass is 35.5. The second-order valence-electron chi connectivity index (χ2n) is 3.51. The van der Waals surface area contributed by atoms with Gasteiger partial charge in [0.15, 0.2) is 0 Å². The summed E-state index contributed by atoms with van der Waals surface area (Å²) < 4.78 is 35.1. The molecule has 0 bridgehead atoms. The van der Waals surface area contributed by atoms with E-state index in [2.05, 4.69) is 17.2 Å². The summed E-state index contributed by atoms with van der Waals surface area (Å²) in [5, 5.41) is 5.22. The number of rotatable bonds is 7. The van der Waals surface area contributed by atoms with Gasteiger partial charge in [0.05, 0.1) is 25.1 Å². The molecule has 0 saturated carbocycles. The number of methoxy groups -OCH3 is 1. The first-order valence-corrected chi connectivity index (χ1v) is 7.14. The number of hydrazone groups is 1. The topological polar surface area (TPSA) is 91.2 Å². The van der Waals surface area contributed by atoms with E-state index in [0.29, 0.717) is 16.5 Å². The Hall–Kier alpha value is -1.51. The number of hydrogen-bond donors (Lipinski definition) is 2. The zero-order valence-corrected chi connectivity index (χ0v) is 11.8. The summed E-state index contributed by atoms with van der Waals surface area (Å²) in [5.74, 6) is 0.0203.